The first kappa shape index (κ1) is 19.5. The summed E-state index contributed by atoms with van der Waals surface area (Å²) in [5.74, 6) is 1.44. The van der Waals surface area contributed by atoms with Gasteiger partial charge < -0.3 is 15.1 Å². The largest absolute Gasteiger partial charge is 0.478 e. The van der Waals surface area contributed by atoms with Crippen LogP contribution in [0.1, 0.15) is 30.4 Å². The third-order valence-electron chi connectivity index (χ3n) is 6.75. The Morgan fingerprint density at radius 1 is 1.17 bits per heavy atom. The van der Waals surface area contributed by atoms with Gasteiger partial charge in [-0.25, -0.2) is 4.79 Å². The lowest BCUT2D eigenvalue weighted by atomic mass is 9.53. The summed E-state index contributed by atoms with van der Waals surface area (Å²) in [5.41, 5.74) is 6.59. The van der Waals surface area contributed by atoms with Crippen molar-refractivity contribution in [2.24, 2.45) is 11.8 Å². The zero-order valence-corrected chi connectivity index (χ0v) is 17.4. The van der Waals surface area contributed by atoms with Gasteiger partial charge in [-0.1, -0.05) is 30.3 Å². The first-order chi connectivity index (χ1) is 14.6. The Labute approximate surface area is 177 Å². The normalized spacial score (nSPS) is 26.9. The first-order valence-electron chi connectivity index (χ1n) is 10.3. The molecule has 0 spiro atoms. The third-order valence-corrected chi connectivity index (χ3v) is 8.61. The van der Waals surface area contributed by atoms with Gasteiger partial charge in [0.05, 0.1) is 0 Å². The topological polar surface area (TPSA) is 78.8 Å². The van der Waals surface area contributed by atoms with Crippen LogP contribution < -0.4 is 10.2 Å². The molecule has 3 fully saturated rings. The van der Waals surface area contributed by atoms with Gasteiger partial charge in [0, 0.05) is 17.1 Å². The Balaban J connectivity index is 1.50. The molecule has 2 aromatic rings. The van der Waals surface area contributed by atoms with E-state index in [1.807, 2.05) is 30.3 Å². The zero-order chi connectivity index (χ0) is 20.7. The van der Waals surface area contributed by atoms with Crippen molar-refractivity contribution in [1.29, 1.82) is 0 Å². The highest BCUT2D eigenvalue weighted by molar-refractivity contribution is 7.41. The van der Waals surface area contributed by atoms with Crippen molar-refractivity contribution in [2.45, 2.75) is 24.7 Å². The molecular weight excluding hydrogens is 397 g/mol. The second kappa shape index (κ2) is 7.66. The van der Waals surface area contributed by atoms with E-state index in [-0.39, 0.29) is 12.1 Å². The van der Waals surface area contributed by atoms with Crippen LogP contribution in [0.4, 0.5) is 0 Å². The summed E-state index contributed by atoms with van der Waals surface area (Å²) in [7, 11) is 1.51. The lowest BCUT2D eigenvalue weighted by molar-refractivity contribution is -0.131. The highest BCUT2D eigenvalue weighted by Crippen LogP contribution is 2.61. The molecule has 3 aliphatic carbocycles. The van der Waals surface area contributed by atoms with Gasteiger partial charge in [0.1, 0.15) is 5.75 Å². The highest BCUT2D eigenvalue weighted by Gasteiger charge is 2.54. The lowest BCUT2D eigenvalue weighted by Gasteiger charge is -2.57. The van der Waals surface area contributed by atoms with E-state index < -0.39 is 5.97 Å². The second-order valence-corrected chi connectivity index (χ2v) is 9.66. The smallest absolute Gasteiger partial charge is 0.328 e. The van der Waals surface area contributed by atoms with Crippen molar-refractivity contribution in [3.63, 3.8) is 0 Å². The average Bonchev–Trinajstić information content (AvgIpc) is 2.76. The van der Waals surface area contributed by atoms with Crippen LogP contribution in [-0.2, 0) is 10.2 Å². The maximum Gasteiger partial charge on any atom is 0.328 e. The van der Waals surface area contributed by atoms with Gasteiger partial charge in [0.15, 0.2) is 6.73 Å². The molecule has 30 heavy (non-hydrogen) atoms. The van der Waals surface area contributed by atoms with Gasteiger partial charge >= 0.3 is 5.97 Å². The number of benzene rings is 2. The molecule has 0 saturated heterocycles. The minimum absolute atomic E-state index is 0.0645. The SMILES string of the molecule is O=C(O)/C=C/c1ccc(-c2ccc(OCNO)c(C34CP=C5C(CC5C3)C4)c2)cc1. The summed E-state index contributed by atoms with van der Waals surface area (Å²) in [6.07, 6.45) is 7.66. The number of hydroxylamine groups is 1. The maximum absolute atomic E-state index is 10.7. The number of carbonyl (C=O) groups is 1. The monoisotopic (exact) mass is 421 g/mol. The third kappa shape index (κ3) is 3.37. The summed E-state index contributed by atoms with van der Waals surface area (Å²) in [5, 5.41) is 19.6. The Bertz CT molecular complexity index is 1030. The van der Waals surface area contributed by atoms with Crippen molar-refractivity contribution >= 4 is 25.5 Å². The van der Waals surface area contributed by atoms with E-state index in [2.05, 4.69) is 17.6 Å². The van der Waals surface area contributed by atoms with E-state index in [0.717, 1.165) is 46.5 Å². The molecule has 3 N–H and O–H groups in total. The number of hydrogen-bond donors (Lipinski definition) is 3. The van der Waals surface area contributed by atoms with Crippen molar-refractivity contribution in [1.82, 2.24) is 5.48 Å². The van der Waals surface area contributed by atoms with E-state index in [9.17, 15) is 4.79 Å². The molecule has 5 aliphatic rings. The van der Waals surface area contributed by atoms with E-state index in [1.165, 1.54) is 33.0 Å². The minimum Gasteiger partial charge on any atom is -0.478 e. The molecule has 0 aromatic heterocycles. The Morgan fingerprint density at radius 3 is 2.57 bits per heavy atom. The number of hydrogen-bond acceptors (Lipinski definition) is 4. The minimum atomic E-state index is -0.950. The van der Waals surface area contributed by atoms with Crippen molar-refractivity contribution in [3.8, 4) is 16.9 Å². The Morgan fingerprint density at radius 2 is 1.90 bits per heavy atom. The fourth-order valence-corrected chi connectivity index (χ4v) is 7.23. The number of carboxylic acids is 1. The molecule has 154 valence electrons. The first-order valence-corrected chi connectivity index (χ1v) is 11.4. The number of rotatable bonds is 7. The molecule has 4 bridgehead atoms. The molecule has 7 rings (SSSR count). The lowest BCUT2D eigenvalue weighted by Crippen LogP contribution is -2.55. The summed E-state index contributed by atoms with van der Waals surface area (Å²) in [6.45, 7) is 0.0645. The van der Waals surface area contributed by atoms with Crippen LogP contribution in [0.15, 0.2) is 48.5 Å². The molecule has 3 saturated carbocycles. The molecule has 5 nitrogen and oxygen atoms in total. The molecule has 2 aliphatic heterocycles. The molecular formula is C24H24NO4P. The molecule has 0 radical (unpaired) electrons. The van der Waals surface area contributed by atoms with E-state index >= 15 is 0 Å². The molecule has 0 amide bonds. The molecule has 2 unspecified atom stereocenters. The van der Waals surface area contributed by atoms with Crippen LogP contribution >= 0.6 is 8.20 Å². The Hall–Kier alpha value is -2.46. The van der Waals surface area contributed by atoms with Gasteiger partial charge in [-0.05, 0) is 77.5 Å². The van der Waals surface area contributed by atoms with Crippen LogP contribution in [0, 0.1) is 11.8 Å². The molecule has 2 aromatic carbocycles. The number of nitrogens with one attached hydrogen (secondary N) is 1. The Kier molecular flexibility index (Phi) is 4.98. The summed E-state index contributed by atoms with van der Waals surface area (Å²) >= 11 is 0. The highest BCUT2D eigenvalue weighted by atomic mass is 31.1. The van der Waals surface area contributed by atoms with Crippen LogP contribution in [0.5, 0.6) is 5.75 Å². The van der Waals surface area contributed by atoms with E-state index in [0.29, 0.717) is 0 Å². The molecule has 2 heterocycles. The number of carboxylic acid groups (broad SMARTS) is 1. The quantitative estimate of drug-likeness (QED) is 0.264. The van der Waals surface area contributed by atoms with Crippen molar-refractivity contribution in [3.05, 3.63) is 59.7 Å². The van der Waals surface area contributed by atoms with Gasteiger partial charge in [-0.2, -0.15) is 5.48 Å². The van der Waals surface area contributed by atoms with Crippen LogP contribution in [0.3, 0.4) is 0 Å². The second-order valence-electron chi connectivity index (χ2n) is 8.51. The standard InChI is InChI=1S/C24H24NO4P/c26-22(27)8-3-15-1-4-16(5-2-15)17-6-7-21(29-14-25-28)20(10-17)24-11-18-9-19(12-24)23(18)30-13-24/h1-8,10,18-19,25,28H,9,11-14H2,(H,26,27)/b8-3+. The van der Waals surface area contributed by atoms with E-state index in [4.69, 9.17) is 15.1 Å². The maximum atomic E-state index is 10.7. The number of aliphatic carboxylic acids is 1. The van der Waals surface area contributed by atoms with Crippen LogP contribution in [0.2, 0.25) is 0 Å². The summed E-state index contributed by atoms with van der Waals surface area (Å²) < 4.78 is 5.86. The summed E-state index contributed by atoms with van der Waals surface area (Å²) in [4.78, 5) is 10.7. The van der Waals surface area contributed by atoms with Crippen molar-refractivity contribution < 1.29 is 19.8 Å². The van der Waals surface area contributed by atoms with Gasteiger partial charge in [-0.3, -0.25) is 0 Å². The van der Waals surface area contributed by atoms with Gasteiger partial charge in [0.2, 0.25) is 0 Å². The van der Waals surface area contributed by atoms with Gasteiger partial charge in [0.25, 0.3) is 0 Å². The van der Waals surface area contributed by atoms with Crippen LogP contribution in [0.25, 0.3) is 17.2 Å². The number of fused-ring (bicyclic) bond motifs is 1. The average molecular weight is 421 g/mol. The van der Waals surface area contributed by atoms with Gasteiger partial charge in [-0.15, -0.1) is 8.20 Å². The fraction of sp³-hybridized carbons (Fsp3) is 0.333. The fourth-order valence-electron chi connectivity index (χ4n) is 5.41. The van der Waals surface area contributed by atoms with E-state index in [1.54, 1.807) is 11.4 Å². The summed E-state index contributed by atoms with van der Waals surface area (Å²) in [6, 6.07) is 14.3. The zero-order valence-electron chi connectivity index (χ0n) is 16.5. The predicted octanol–water partition coefficient (Wildman–Crippen LogP) is 4.57. The predicted molar refractivity (Wildman–Crippen MR) is 118 cm³/mol. The molecule has 6 heteroatoms. The number of ether oxygens (including phenoxy) is 1. The van der Waals surface area contributed by atoms with Crippen molar-refractivity contribution in [2.75, 3.05) is 12.9 Å². The van der Waals surface area contributed by atoms with Crippen LogP contribution in [-0.4, -0.2) is 34.5 Å². The molecule has 2 atom stereocenters.